The minimum Gasteiger partial charge on any atom is -0.505 e. The van der Waals surface area contributed by atoms with Crippen LogP contribution in [0.25, 0.3) is 27.9 Å². The zero-order valence-electron chi connectivity index (χ0n) is 19.1. The first-order valence-electron chi connectivity index (χ1n) is 11.3. The number of fused-ring (bicyclic) bond motifs is 3. The highest BCUT2D eigenvalue weighted by molar-refractivity contribution is 6.35. The van der Waals surface area contributed by atoms with E-state index in [2.05, 4.69) is 45.6 Å². The molecule has 0 unspecified atom stereocenters. The molecule has 1 heterocycles. The first-order valence-corrected chi connectivity index (χ1v) is 11.3. The second-order valence-electron chi connectivity index (χ2n) is 8.44. The van der Waals surface area contributed by atoms with Crippen molar-refractivity contribution in [2.75, 3.05) is 0 Å². The molecule has 0 atom stereocenters. The van der Waals surface area contributed by atoms with Gasteiger partial charge in [-0.25, -0.2) is 8.63 Å². The molecule has 0 spiro atoms. The molecule has 0 aliphatic rings. The van der Waals surface area contributed by atoms with Crippen molar-refractivity contribution in [2.24, 2.45) is 0 Å². The Bertz CT molecular complexity index is 1560. The Morgan fingerprint density at radius 3 is 2.43 bits per heavy atom. The number of carbonyl (C=O) groups is 1. The standard InChI is InChI=1S/C29H22BF2NO2/c1-20-11-14-24(29(17-20)35-30(31)32)28(34)16-13-21-12-15-27-25(18-21)23-9-5-6-10-26(23)33(27)19-22-7-3-2-4-8-22/h2-18H,19H2,1H3. The lowest BCUT2D eigenvalue weighted by Gasteiger charge is -2.09. The van der Waals surface area contributed by atoms with E-state index in [0.717, 1.165) is 39.5 Å². The quantitative estimate of drug-likeness (QED) is 0.143. The van der Waals surface area contributed by atoms with Gasteiger partial charge in [0.2, 0.25) is 0 Å². The van der Waals surface area contributed by atoms with Crippen LogP contribution in [-0.2, 0) is 6.54 Å². The maximum Gasteiger partial charge on any atom is 0.796 e. The number of hydrogen-bond acceptors (Lipinski definition) is 2. The molecule has 0 radical (unpaired) electrons. The number of ketones is 1. The van der Waals surface area contributed by atoms with Crippen LogP contribution >= 0.6 is 0 Å². The van der Waals surface area contributed by atoms with Crippen LogP contribution in [-0.4, -0.2) is 17.8 Å². The topological polar surface area (TPSA) is 31.2 Å². The van der Waals surface area contributed by atoms with Crippen molar-refractivity contribution in [3.8, 4) is 5.75 Å². The summed E-state index contributed by atoms with van der Waals surface area (Å²) in [4.78, 5) is 12.8. The minimum absolute atomic E-state index is 0.104. The van der Waals surface area contributed by atoms with Gasteiger partial charge < -0.3 is 9.22 Å². The van der Waals surface area contributed by atoms with Crippen LogP contribution in [0.3, 0.4) is 0 Å². The summed E-state index contributed by atoms with van der Waals surface area (Å²) in [5.41, 5.74) is 5.13. The van der Waals surface area contributed by atoms with Crippen LogP contribution in [0.1, 0.15) is 27.0 Å². The predicted molar refractivity (Wildman–Crippen MR) is 138 cm³/mol. The molecule has 4 aromatic carbocycles. The lowest BCUT2D eigenvalue weighted by Crippen LogP contribution is -2.11. The maximum atomic E-state index is 12.8. The van der Waals surface area contributed by atoms with Gasteiger partial charge in [0.25, 0.3) is 0 Å². The molecule has 6 heteroatoms. The normalized spacial score (nSPS) is 11.4. The molecule has 3 nitrogen and oxygen atoms in total. The number of para-hydroxylation sites is 1. The lowest BCUT2D eigenvalue weighted by atomic mass is 10.0. The number of aryl methyl sites for hydroxylation is 1. The number of aromatic nitrogens is 1. The van der Waals surface area contributed by atoms with E-state index < -0.39 is 13.3 Å². The Morgan fingerprint density at radius 1 is 0.886 bits per heavy atom. The summed E-state index contributed by atoms with van der Waals surface area (Å²) < 4.78 is 32.5. The first-order chi connectivity index (χ1) is 17.0. The second kappa shape index (κ2) is 9.59. The Morgan fingerprint density at radius 2 is 1.63 bits per heavy atom. The molecule has 35 heavy (non-hydrogen) atoms. The first kappa shape index (κ1) is 22.6. The molecule has 5 aromatic rings. The number of halogens is 2. The molecular weight excluding hydrogens is 443 g/mol. The SMILES string of the molecule is Cc1ccc(C(=O)C=Cc2ccc3c(c2)c2ccccc2n3Cc2ccccc2)c(OB(F)F)c1. The van der Waals surface area contributed by atoms with Gasteiger partial charge in [-0.1, -0.05) is 66.7 Å². The zero-order chi connectivity index (χ0) is 24.4. The van der Waals surface area contributed by atoms with Crippen LogP contribution in [0.2, 0.25) is 0 Å². The molecule has 1 aromatic heterocycles. The lowest BCUT2D eigenvalue weighted by molar-refractivity contribution is 0.104. The van der Waals surface area contributed by atoms with E-state index in [1.807, 2.05) is 36.4 Å². The van der Waals surface area contributed by atoms with Crippen molar-refractivity contribution in [1.29, 1.82) is 0 Å². The fraction of sp³-hybridized carbons (Fsp3) is 0.0690. The fourth-order valence-electron chi connectivity index (χ4n) is 4.40. The Labute approximate surface area is 202 Å². The summed E-state index contributed by atoms with van der Waals surface area (Å²) >= 11 is 0. The highest BCUT2D eigenvalue weighted by atomic mass is 19.2. The van der Waals surface area contributed by atoms with Crippen molar-refractivity contribution < 1.29 is 18.1 Å². The molecule has 0 aliphatic carbocycles. The van der Waals surface area contributed by atoms with E-state index in [-0.39, 0.29) is 11.3 Å². The second-order valence-corrected chi connectivity index (χ2v) is 8.44. The maximum absolute atomic E-state index is 12.8. The van der Waals surface area contributed by atoms with Gasteiger partial charge in [-0.15, -0.1) is 0 Å². The van der Waals surface area contributed by atoms with Crippen LogP contribution in [0.5, 0.6) is 5.75 Å². The number of hydrogen-bond donors (Lipinski definition) is 0. The molecule has 0 saturated heterocycles. The van der Waals surface area contributed by atoms with E-state index >= 15 is 0 Å². The van der Waals surface area contributed by atoms with Gasteiger partial charge in [-0.3, -0.25) is 4.79 Å². The fourth-order valence-corrected chi connectivity index (χ4v) is 4.40. The average molecular weight is 465 g/mol. The third-order valence-corrected chi connectivity index (χ3v) is 6.03. The number of rotatable bonds is 7. The predicted octanol–water partition coefficient (Wildman–Crippen LogP) is 7.35. The van der Waals surface area contributed by atoms with E-state index in [1.54, 1.807) is 19.1 Å². The van der Waals surface area contributed by atoms with Gasteiger partial charge >= 0.3 is 7.47 Å². The summed E-state index contributed by atoms with van der Waals surface area (Å²) in [5.74, 6) is -0.513. The third-order valence-electron chi connectivity index (χ3n) is 6.03. The highest BCUT2D eigenvalue weighted by Crippen LogP contribution is 2.31. The number of allylic oxidation sites excluding steroid dienone is 1. The van der Waals surface area contributed by atoms with Crippen molar-refractivity contribution in [3.05, 3.63) is 119 Å². The monoisotopic (exact) mass is 465 g/mol. The Balaban J connectivity index is 1.50. The van der Waals surface area contributed by atoms with Gasteiger partial charge in [0, 0.05) is 28.4 Å². The number of carbonyl (C=O) groups excluding carboxylic acids is 1. The van der Waals surface area contributed by atoms with Crippen LogP contribution in [0.15, 0.2) is 97.1 Å². The summed E-state index contributed by atoms with van der Waals surface area (Å²) in [5, 5.41) is 2.22. The number of benzene rings is 4. The van der Waals surface area contributed by atoms with E-state index in [1.165, 1.54) is 23.8 Å². The molecular formula is C29H22BF2NO2. The molecule has 0 bridgehead atoms. The third kappa shape index (κ3) is 4.73. The Kier molecular flexibility index (Phi) is 6.19. The average Bonchev–Trinajstić information content (AvgIpc) is 3.16. The molecule has 0 fully saturated rings. The van der Waals surface area contributed by atoms with E-state index in [0.29, 0.717) is 0 Å². The molecule has 0 saturated carbocycles. The van der Waals surface area contributed by atoms with Crippen molar-refractivity contribution in [1.82, 2.24) is 4.57 Å². The van der Waals surface area contributed by atoms with Crippen LogP contribution < -0.4 is 4.65 Å². The molecule has 0 amide bonds. The largest absolute Gasteiger partial charge is 0.796 e. The highest BCUT2D eigenvalue weighted by Gasteiger charge is 2.21. The molecule has 0 N–H and O–H groups in total. The van der Waals surface area contributed by atoms with Gasteiger partial charge in [0.15, 0.2) is 5.78 Å². The summed E-state index contributed by atoms with van der Waals surface area (Å²) in [6.45, 7) is 2.50. The van der Waals surface area contributed by atoms with E-state index in [4.69, 9.17) is 0 Å². The van der Waals surface area contributed by atoms with Crippen molar-refractivity contribution in [3.63, 3.8) is 0 Å². The number of nitrogens with zero attached hydrogens (tertiary/aromatic N) is 1. The van der Waals surface area contributed by atoms with Gasteiger partial charge in [0.1, 0.15) is 5.75 Å². The van der Waals surface area contributed by atoms with Crippen molar-refractivity contribution in [2.45, 2.75) is 13.5 Å². The van der Waals surface area contributed by atoms with Crippen LogP contribution in [0.4, 0.5) is 8.63 Å². The van der Waals surface area contributed by atoms with Gasteiger partial charge in [-0.2, -0.15) is 0 Å². The smallest absolute Gasteiger partial charge is 0.505 e. The summed E-state index contributed by atoms with van der Waals surface area (Å²) in [7, 11) is -3.00. The summed E-state index contributed by atoms with van der Waals surface area (Å²) in [6, 6.07) is 29.3. The minimum atomic E-state index is -3.00. The van der Waals surface area contributed by atoms with Crippen LogP contribution in [0, 0.1) is 6.92 Å². The molecule has 172 valence electrons. The summed E-state index contributed by atoms with van der Waals surface area (Å²) in [6.07, 6.45) is 3.10. The Hall–Kier alpha value is -4.19. The van der Waals surface area contributed by atoms with Gasteiger partial charge in [-0.05, 0) is 60.0 Å². The molecule has 0 aliphatic heterocycles. The molecule has 5 rings (SSSR count). The van der Waals surface area contributed by atoms with Crippen molar-refractivity contribution >= 4 is 41.1 Å². The zero-order valence-corrected chi connectivity index (χ0v) is 19.1. The van der Waals surface area contributed by atoms with E-state index in [9.17, 15) is 13.4 Å². The van der Waals surface area contributed by atoms with Gasteiger partial charge in [0.05, 0.1) is 5.56 Å².